The molecule has 0 spiro atoms. The normalized spacial score (nSPS) is 18.8. The van der Waals surface area contributed by atoms with Gasteiger partial charge in [-0.25, -0.2) is 0 Å². The molecule has 134 valence electrons. The lowest BCUT2D eigenvalue weighted by Crippen LogP contribution is -2.46. The van der Waals surface area contributed by atoms with E-state index >= 15 is 0 Å². The van der Waals surface area contributed by atoms with Crippen LogP contribution in [0.15, 0.2) is 34.7 Å². The van der Waals surface area contributed by atoms with Gasteiger partial charge in [0.25, 0.3) is 0 Å². The van der Waals surface area contributed by atoms with E-state index in [9.17, 15) is 4.79 Å². The number of benzene rings is 1. The third-order valence-electron chi connectivity index (χ3n) is 4.44. The molecular weight excluding hydrogens is 352 g/mol. The van der Waals surface area contributed by atoms with E-state index in [0.717, 1.165) is 41.0 Å². The molecule has 2 aromatic rings. The number of aromatic nitrogens is 2. The second-order valence-corrected chi connectivity index (χ2v) is 8.78. The molecule has 1 N–H and O–H groups in total. The number of anilines is 2. The fourth-order valence-electron chi connectivity index (χ4n) is 3.10. The third-order valence-corrected chi connectivity index (χ3v) is 6.45. The van der Waals surface area contributed by atoms with Crippen LogP contribution in [0.5, 0.6) is 0 Å². The first-order valence-electron chi connectivity index (χ1n) is 8.80. The summed E-state index contributed by atoms with van der Waals surface area (Å²) in [4.78, 5) is 14.9. The molecule has 2 unspecified atom stereocenters. The van der Waals surface area contributed by atoms with E-state index in [1.54, 1.807) is 0 Å². The molecule has 0 saturated carbocycles. The lowest BCUT2D eigenvalue weighted by atomic mass is 10.00. The molecule has 1 aromatic heterocycles. The number of piperidine rings is 1. The molecule has 25 heavy (non-hydrogen) atoms. The highest BCUT2D eigenvalue weighted by molar-refractivity contribution is 8.02. The van der Waals surface area contributed by atoms with Gasteiger partial charge in [0, 0.05) is 18.3 Å². The largest absolute Gasteiger partial charge is 0.339 e. The van der Waals surface area contributed by atoms with E-state index < -0.39 is 0 Å². The zero-order valence-corrected chi connectivity index (χ0v) is 16.3. The number of carbonyl (C=O) groups is 1. The summed E-state index contributed by atoms with van der Waals surface area (Å²) in [6, 6.07) is 10.3. The first-order valence-corrected chi connectivity index (χ1v) is 10.5. The minimum Gasteiger partial charge on any atom is -0.339 e. The van der Waals surface area contributed by atoms with Crippen LogP contribution >= 0.6 is 23.1 Å². The molecule has 1 aromatic carbocycles. The number of carbonyl (C=O) groups excluding carboxylic acids is 1. The molecule has 0 bridgehead atoms. The van der Waals surface area contributed by atoms with Crippen LogP contribution < -0.4 is 5.32 Å². The molecule has 1 aliphatic heterocycles. The molecule has 3 rings (SSSR count). The van der Waals surface area contributed by atoms with Crippen LogP contribution in [0.3, 0.4) is 0 Å². The number of amides is 1. The molecule has 1 saturated heterocycles. The zero-order valence-electron chi connectivity index (χ0n) is 14.6. The predicted octanol–water partition coefficient (Wildman–Crippen LogP) is 4.55. The van der Waals surface area contributed by atoms with Gasteiger partial charge in [0.2, 0.25) is 11.0 Å². The van der Waals surface area contributed by atoms with E-state index in [0.29, 0.717) is 6.04 Å². The standard InChI is InChI=1S/C18H24N4OS2/c1-3-15-11-7-8-12-22(15)16(23)13(2)24-18-21-20-17(25-18)19-14-9-5-4-6-10-14/h4-6,9-10,13,15H,3,7-8,11-12H2,1-2H3,(H,19,20). The van der Waals surface area contributed by atoms with Gasteiger partial charge in [0.1, 0.15) is 0 Å². The Labute approximate surface area is 157 Å². The minimum atomic E-state index is -0.135. The van der Waals surface area contributed by atoms with Crippen LogP contribution in [-0.2, 0) is 4.79 Å². The van der Waals surface area contributed by atoms with Crippen molar-refractivity contribution in [2.45, 2.75) is 55.2 Å². The number of likely N-dealkylation sites (tertiary alicyclic amines) is 1. The number of hydrogen-bond donors (Lipinski definition) is 1. The second-order valence-electron chi connectivity index (χ2n) is 6.21. The van der Waals surface area contributed by atoms with Crippen LogP contribution in [0, 0.1) is 0 Å². The van der Waals surface area contributed by atoms with Crippen LogP contribution in [0.1, 0.15) is 39.5 Å². The summed E-state index contributed by atoms with van der Waals surface area (Å²) in [7, 11) is 0. The lowest BCUT2D eigenvalue weighted by Gasteiger charge is -2.36. The molecule has 1 aliphatic rings. The van der Waals surface area contributed by atoms with E-state index in [4.69, 9.17) is 0 Å². The number of nitrogens with zero attached hydrogens (tertiary/aromatic N) is 3. The second kappa shape index (κ2) is 8.67. The molecule has 5 nitrogen and oxygen atoms in total. The highest BCUT2D eigenvalue weighted by atomic mass is 32.2. The van der Waals surface area contributed by atoms with E-state index in [1.807, 2.05) is 37.3 Å². The Hall–Kier alpha value is -1.60. The number of rotatable bonds is 6. The van der Waals surface area contributed by atoms with Gasteiger partial charge in [-0.15, -0.1) is 10.2 Å². The van der Waals surface area contributed by atoms with Crippen molar-refractivity contribution in [1.82, 2.24) is 15.1 Å². The number of thioether (sulfide) groups is 1. The van der Waals surface area contributed by atoms with E-state index in [1.165, 1.54) is 29.5 Å². The van der Waals surface area contributed by atoms with Gasteiger partial charge >= 0.3 is 0 Å². The summed E-state index contributed by atoms with van der Waals surface area (Å²) < 4.78 is 0.823. The fourth-order valence-corrected chi connectivity index (χ4v) is 5.09. The Balaban J connectivity index is 1.59. The fraction of sp³-hybridized carbons (Fsp3) is 0.500. The molecule has 0 aliphatic carbocycles. The maximum atomic E-state index is 12.8. The van der Waals surface area contributed by atoms with Crippen LogP contribution in [0.4, 0.5) is 10.8 Å². The Morgan fingerprint density at radius 2 is 2.16 bits per heavy atom. The summed E-state index contributed by atoms with van der Waals surface area (Å²) in [6.45, 7) is 5.03. The van der Waals surface area contributed by atoms with Gasteiger partial charge in [-0.05, 0) is 44.7 Å². The molecular formula is C18H24N4OS2. The Kier molecular flexibility index (Phi) is 6.31. The van der Waals surface area contributed by atoms with E-state index in [-0.39, 0.29) is 11.2 Å². The maximum Gasteiger partial charge on any atom is 0.236 e. The molecule has 2 atom stereocenters. The molecule has 1 fully saturated rings. The number of nitrogens with one attached hydrogen (secondary N) is 1. The predicted molar refractivity (Wildman–Crippen MR) is 105 cm³/mol. The summed E-state index contributed by atoms with van der Waals surface area (Å²) in [5.41, 5.74) is 0.985. The van der Waals surface area contributed by atoms with Crippen molar-refractivity contribution in [2.24, 2.45) is 0 Å². The van der Waals surface area contributed by atoms with Gasteiger partial charge in [0.05, 0.1) is 5.25 Å². The van der Waals surface area contributed by atoms with E-state index in [2.05, 4.69) is 27.3 Å². The minimum absolute atomic E-state index is 0.135. The lowest BCUT2D eigenvalue weighted by molar-refractivity contribution is -0.134. The average Bonchev–Trinajstić information content (AvgIpc) is 3.08. The molecule has 2 heterocycles. The topological polar surface area (TPSA) is 58.1 Å². The number of para-hydroxylation sites is 1. The van der Waals surface area contributed by atoms with Gasteiger partial charge in [-0.3, -0.25) is 4.79 Å². The van der Waals surface area contributed by atoms with Crippen LogP contribution in [-0.4, -0.2) is 38.8 Å². The smallest absolute Gasteiger partial charge is 0.236 e. The SMILES string of the molecule is CCC1CCCCN1C(=O)C(C)Sc1nnc(Nc2ccccc2)s1. The third kappa shape index (κ3) is 4.73. The van der Waals surface area contributed by atoms with Gasteiger partial charge in [-0.1, -0.05) is 48.2 Å². The first-order chi connectivity index (χ1) is 12.2. The molecule has 7 heteroatoms. The van der Waals surface area contributed by atoms with Crippen molar-refractivity contribution < 1.29 is 4.79 Å². The van der Waals surface area contributed by atoms with Crippen molar-refractivity contribution >= 4 is 39.8 Å². The van der Waals surface area contributed by atoms with Crippen molar-refractivity contribution in [3.05, 3.63) is 30.3 Å². The van der Waals surface area contributed by atoms with Crippen LogP contribution in [0.25, 0.3) is 0 Å². The number of hydrogen-bond acceptors (Lipinski definition) is 6. The summed E-state index contributed by atoms with van der Waals surface area (Å²) in [6.07, 6.45) is 4.51. The summed E-state index contributed by atoms with van der Waals surface area (Å²) in [5.74, 6) is 0.226. The maximum absolute atomic E-state index is 12.8. The average molecular weight is 377 g/mol. The Morgan fingerprint density at radius 1 is 1.36 bits per heavy atom. The summed E-state index contributed by atoms with van der Waals surface area (Å²) >= 11 is 2.99. The molecule has 1 amide bonds. The van der Waals surface area contributed by atoms with Crippen molar-refractivity contribution in [2.75, 3.05) is 11.9 Å². The molecule has 0 radical (unpaired) electrons. The quantitative estimate of drug-likeness (QED) is 0.749. The van der Waals surface area contributed by atoms with Crippen molar-refractivity contribution in [3.63, 3.8) is 0 Å². The van der Waals surface area contributed by atoms with Crippen molar-refractivity contribution in [1.29, 1.82) is 0 Å². The highest BCUT2D eigenvalue weighted by Crippen LogP contribution is 2.32. The Morgan fingerprint density at radius 3 is 2.92 bits per heavy atom. The van der Waals surface area contributed by atoms with Gasteiger partial charge < -0.3 is 10.2 Å². The highest BCUT2D eigenvalue weighted by Gasteiger charge is 2.29. The monoisotopic (exact) mass is 376 g/mol. The van der Waals surface area contributed by atoms with Crippen LogP contribution in [0.2, 0.25) is 0 Å². The summed E-state index contributed by atoms with van der Waals surface area (Å²) in [5, 5.41) is 12.3. The Bertz CT molecular complexity index is 691. The first kappa shape index (κ1) is 18.2. The van der Waals surface area contributed by atoms with Gasteiger partial charge in [-0.2, -0.15) is 0 Å². The van der Waals surface area contributed by atoms with Gasteiger partial charge in [0.15, 0.2) is 4.34 Å². The zero-order chi connectivity index (χ0) is 17.6. The van der Waals surface area contributed by atoms with Crippen molar-refractivity contribution in [3.8, 4) is 0 Å².